The lowest BCUT2D eigenvalue weighted by atomic mass is 9.76. The Morgan fingerprint density at radius 3 is 2.53 bits per heavy atom. The second-order valence-corrected chi connectivity index (χ2v) is 10.8. The van der Waals surface area contributed by atoms with Crippen LogP contribution in [0.4, 0.5) is 5.69 Å². The molecule has 1 aliphatic carbocycles. The normalized spacial score (nSPS) is 23.2. The predicted octanol–water partition coefficient (Wildman–Crippen LogP) is 4.14. The van der Waals surface area contributed by atoms with Crippen molar-refractivity contribution in [1.29, 1.82) is 5.26 Å². The van der Waals surface area contributed by atoms with Crippen molar-refractivity contribution in [3.63, 3.8) is 0 Å². The molecule has 2 unspecified atom stereocenters. The molecule has 196 valence electrons. The number of carbonyl (C=O) groups is 1. The predicted molar refractivity (Wildman–Crippen MR) is 142 cm³/mol. The molecule has 0 radical (unpaired) electrons. The summed E-state index contributed by atoms with van der Waals surface area (Å²) < 4.78 is 7.43. The zero-order chi connectivity index (χ0) is 26.3. The molecule has 1 amide bonds. The molecule has 1 N–H and O–H groups in total. The first-order valence-corrected chi connectivity index (χ1v) is 13.5. The van der Waals surface area contributed by atoms with Gasteiger partial charge in [-0.15, -0.1) is 0 Å². The van der Waals surface area contributed by atoms with Crippen molar-refractivity contribution in [2.24, 2.45) is 0 Å². The summed E-state index contributed by atoms with van der Waals surface area (Å²) in [6.07, 6.45) is 10.3. The summed E-state index contributed by atoms with van der Waals surface area (Å²) in [6.45, 7) is 6.52. The average molecular weight is 512 g/mol. The zero-order valence-corrected chi connectivity index (χ0v) is 21.9. The SMILES string of the molecule is Cc1c(C(=O)Nc2ccc(C3(C#N)CCN(C4CCOC4C)CC3)nc2)cnn1-c1ccc(C2CC2)cn1. The van der Waals surface area contributed by atoms with Gasteiger partial charge in [-0.05, 0) is 75.6 Å². The van der Waals surface area contributed by atoms with Crippen LogP contribution in [0, 0.1) is 18.3 Å². The number of aromatic nitrogens is 4. The van der Waals surface area contributed by atoms with Crippen LogP contribution in [-0.2, 0) is 10.2 Å². The maximum absolute atomic E-state index is 13.0. The fraction of sp³-hybridized carbons (Fsp3) is 0.483. The smallest absolute Gasteiger partial charge is 0.259 e. The van der Waals surface area contributed by atoms with Gasteiger partial charge in [0.05, 0.1) is 47.2 Å². The van der Waals surface area contributed by atoms with Crippen LogP contribution in [0.2, 0.25) is 0 Å². The van der Waals surface area contributed by atoms with E-state index in [1.165, 1.54) is 18.4 Å². The number of nitriles is 1. The number of pyridine rings is 2. The number of rotatable bonds is 6. The van der Waals surface area contributed by atoms with E-state index < -0.39 is 5.41 Å². The minimum absolute atomic E-state index is 0.241. The summed E-state index contributed by atoms with van der Waals surface area (Å²) >= 11 is 0. The van der Waals surface area contributed by atoms with Gasteiger partial charge in [0.1, 0.15) is 5.41 Å². The molecule has 3 aromatic heterocycles. The van der Waals surface area contributed by atoms with E-state index in [0.29, 0.717) is 29.0 Å². The largest absolute Gasteiger partial charge is 0.377 e. The maximum Gasteiger partial charge on any atom is 0.259 e. The molecule has 0 spiro atoms. The number of hydrogen-bond acceptors (Lipinski definition) is 7. The number of likely N-dealkylation sites (tertiary alicyclic amines) is 1. The lowest BCUT2D eigenvalue weighted by molar-refractivity contribution is 0.0570. The molecular formula is C29H33N7O2. The highest BCUT2D eigenvalue weighted by Gasteiger charge is 2.41. The van der Waals surface area contributed by atoms with Gasteiger partial charge in [-0.25, -0.2) is 9.67 Å². The van der Waals surface area contributed by atoms with E-state index >= 15 is 0 Å². The van der Waals surface area contributed by atoms with Crippen molar-refractivity contribution in [1.82, 2.24) is 24.6 Å². The minimum atomic E-state index is -0.610. The number of hydrogen-bond donors (Lipinski definition) is 1. The molecule has 3 fully saturated rings. The van der Waals surface area contributed by atoms with E-state index in [4.69, 9.17) is 4.74 Å². The van der Waals surface area contributed by atoms with Gasteiger partial charge < -0.3 is 10.1 Å². The molecule has 5 heterocycles. The van der Waals surface area contributed by atoms with Crippen molar-refractivity contribution in [3.8, 4) is 11.9 Å². The molecule has 6 rings (SSSR count). The van der Waals surface area contributed by atoms with Crippen LogP contribution in [0.15, 0.2) is 42.9 Å². The third-order valence-electron chi connectivity index (χ3n) is 8.47. The molecular weight excluding hydrogens is 478 g/mol. The van der Waals surface area contributed by atoms with E-state index in [2.05, 4.69) is 44.3 Å². The van der Waals surface area contributed by atoms with Crippen molar-refractivity contribution < 1.29 is 9.53 Å². The quantitative estimate of drug-likeness (QED) is 0.530. The number of piperidine rings is 1. The summed E-state index contributed by atoms with van der Waals surface area (Å²) in [7, 11) is 0. The molecule has 9 nitrogen and oxygen atoms in total. The van der Waals surface area contributed by atoms with E-state index in [-0.39, 0.29) is 12.0 Å². The number of carbonyl (C=O) groups excluding carboxylic acids is 1. The highest BCUT2D eigenvalue weighted by molar-refractivity contribution is 6.04. The Kier molecular flexibility index (Phi) is 6.46. The highest BCUT2D eigenvalue weighted by Crippen LogP contribution is 2.40. The summed E-state index contributed by atoms with van der Waals surface area (Å²) in [4.78, 5) is 24.7. The van der Waals surface area contributed by atoms with Crippen molar-refractivity contribution in [2.45, 2.75) is 69.4 Å². The Balaban J connectivity index is 1.11. The van der Waals surface area contributed by atoms with E-state index in [9.17, 15) is 10.1 Å². The van der Waals surface area contributed by atoms with Gasteiger partial charge in [-0.3, -0.25) is 14.7 Å². The van der Waals surface area contributed by atoms with Gasteiger partial charge >= 0.3 is 0 Å². The van der Waals surface area contributed by atoms with Crippen molar-refractivity contribution in [2.75, 3.05) is 25.0 Å². The molecule has 2 aliphatic heterocycles. The van der Waals surface area contributed by atoms with Crippen LogP contribution in [0.3, 0.4) is 0 Å². The van der Waals surface area contributed by atoms with Crippen LogP contribution >= 0.6 is 0 Å². The fourth-order valence-electron chi connectivity index (χ4n) is 5.86. The van der Waals surface area contributed by atoms with E-state index in [0.717, 1.165) is 50.3 Å². The average Bonchev–Trinajstić information content (AvgIpc) is 3.60. The lowest BCUT2D eigenvalue weighted by Crippen LogP contribution is -2.48. The summed E-state index contributed by atoms with van der Waals surface area (Å²) in [6, 6.07) is 10.7. The van der Waals surface area contributed by atoms with Crippen LogP contribution in [0.25, 0.3) is 5.82 Å². The highest BCUT2D eigenvalue weighted by atomic mass is 16.5. The first-order valence-electron chi connectivity index (χ1n) is 13.5. The zero-order valence-electron chi connectivity index (χ0n) is 21.9. The molecule has 38 heavy (non-hydrogen) atoms. The number of ether oxygens (including phenoxy) is 1. The number of nitrogens with zero attached hydrogens (tertiary/aromatic N) is 6. The molecule has 3 aliphatic rings. The van der Waals surface area contributed by atoms with Crippen LogP contribution in [0.5, 0.6) is 0 Å². The molecule has 3 aromatic rings. The number of anilines is 1. The molecule has 2 saturated heterocycles. The van der Waals surface area contributed by atoms with Crippen molar-refractivity contribution >= 4 is 11.6 Å². The molecule has 2 atom stereocenters. The minimum Gasteiger partial charge on any atom is -0.377 e. The second kappa shape index (κ2) is 9.93. The Morgan fingerprint density at radius 1 is 1.11 bits per heavy atom. The van der Waals surface area contributed by atoms with Gasteiger partial charge in [0.15, 0.2) is 5.82 Å². The third kappa shape index (κ3) is 4.59. The lowest BCUT2D eigenvalue weighted by Gasteiger charge is -2.40. The van der Waals surface area contributed by atoms with Crippen LogP contribution in [0.1, 0.15) is 72.3 Å². The van der Waals surface area contributed by atoms with Crippen LogP contribution in [-0.4, -0.2) is 62.4 Å². The van der Waals surface area contributed by atoms with Gasteiger partial charge in [-0.1, -0.05) is 6.07 Å². The van der Waals surface area contributed by atoms with Gasteiger partial charge in [0.25, 0.3) is 5.91 Å². The topological polar surface area (TPSA) is 109 Å². The number of nitrogens with one attached hydrogen (secondary N) is 1. The third-order valence-corrected chi connectivity index (χ3v) is 8.47. The molecule has 9 heteroatoms. The second-order valence-electron chi connectivity index (χ2n) is 10.8. The van der Waals surface area contributed by atoms with Crippen molar-refractivity contribution in [3.05, 3.63) is 65.4 Å². The van der Waals surface area contributed by atoms with E-state index in [1.807, 2.05) is 31.3 Å². The molecule has 0 bridgehead atoms. The summed E-state index contributed by atoms with van der Waals surface area (Å²) in [5, 5.41) is 17.4. The van der Waals surface area contributed by atoms with E-state index in [1.54, 1.807) is 17.1 Å². The van der Waals surface area contributed by atoms with Gasteiger partial charge in [-0.2, -0.15) is 10.4 Å². The standard InChI is InChI=1S/C29H33N7O2/c1-19-24(17-33-36(19)27-8-5-22(15-32-27)21-3-4-21)28(37)34-23-6-7-26(31-16-23)29(18-30)10-12-35(13-11-29)25-9-14-38-20(25)2/h5-8,15-17,20-21,25H,3-4,9-14H2,1-2H3,(H,34,37). The van der Waals surface area contributed by atoms with Gasteiger partial charge in [0, 0.05) is 31.9 Å². The van der Waals surface area contributed by atoms with Crippen LogP contribution < -0.4 is 5.32 Å². The Labute approximate surface area is 222 Å². The van der Waals surface area contributed by atoms with Gasteiger partial charge in [0.2, 0.25) is 0 Å². The first kappa shape index (κ1) is 24.7. The Bertz CT molecular complexity index is 1350. The Morgan fingerprint density at radius 2 is 1.92 bits per heavy atom. The number of amides is 1. The molecule has 1 saturated carbocycles. The Hall–Kier alpha value is -3.61. The summed E-state index contributed by atoms with van der Waals surface area (Å²) in [5.41, 5.74) is 3.19. The monoisotopic (exact) mass is 511 g/mol. The maximum atomic E-state index is 13.0. The molecule has 0 aromatic carbocycles. The first-order chi connectivity index (χ1) is 18.5. The fourth-order valence-corrected chi connectivity index (χ4v) is 5.86. The summed E-state index contributed by atoms with van der Waals surface area (Å²) in [5.74, 6) is 1.08.